The molecule has 4 nitrogen and oxygen atoms in total. The Balaban J connectivity index is 2.25. The number of carbonyl (C=O) groups is 1. The zero-order chi connectivity index (χ0) is 18.9. The summed E-state index contributed by atoms with van der Waals surface area (Å²) in [5.74, 6) is 0.122. The maximum Gasteiger partial charge on any atom is 0.266 e. The van der Waals surface area contributed by atoms with E-state index in [1.807, 2.05) is 31.2 Å². The molecule has 26 heavy (non-hydrogen) atoms. The highest BCUT2D eigenvalue weighted by Crippen LogP contribution is 2.26. The lowest BCUT2D eigenvalue weighted by Crippen LogP contribution is -2.13. The third-order valence-electron chi connectivity index (χ3n) is 3.67. The molecule has 2 rings (SSSR count). The lowest BCUT2D eigenvalue weighted by molar-refractivity contribution is -0.112. The van der Waals surface area contributed by atoms with Crippen LogP contribution in [0, 0.1) is 18.3 Å². The van der Waals surface area contributed by atoms with Crippen molar-refractivity contribution in [2.45, 2.75) is 26.7 Å². The highest BCUT2D eigenvalue weighted by Gasteiger charge is 2.12. The normalized spacial score (nSPS) is 10.9. The molecule has 0 bridgehead atoms. The van der Waals surface area contributed by atoms with Gasteiger partial charge < -0.3 is 10.1 Å². The quantitative estimate of drug-likeness (QED) is 0.405. The first-order valence-corrected chi connectivity index (χ1v) is 8.83. The molecule has 0 aliphatic carbocycles. The van der Waals surface area contributed by atoms with E-state index in [1.54, 1.807) is 24.3 Å². The number of unbranched alkanes of at least 4 members (excludes halogenated alkanes) is 1. The molecule has 5 heteroatoms. The van der Waals surface area contributed by atoms with Crippen molar-refractivity contribution in [3.05, 3.63) is 64.2 Å². The van der Waals surface area contributed by atoms with E-state index in [-0.39, 0.29) is 5.57 Å². The van der Waals surface area contributed by atoms with E-state index >= 15 is 0 Å². The van der Waals surface area contributed by atoms with Crippen LogP contribution in [0.3, 0.4) is 0 Å². The number of nitrogens with one attached hydrogen (secondary N) is 1. The Labute approximate surface area is 159 Å². The minimum atomic E-state index is -0.474. The monoisotopic (exact) mass is 368 g/mol. The van der Waals surface area contributed by atoms with Crippen LogP contribution in [-0.2, 0) is 4.79 Å². The Morgan fingerprint density at radius 3 is 2.81 bits per heavy atom. The second-order valence-electron chi connectivity index (χ2n) is 5.88. The second kappa shape index (κ2) is 9.65. The van der Waals surface area contributed by atoms with Crippen LogP contribution in [0.25, 0.3) is 6.08 Å². The van der Waals surface area contributed by atoms with Crippen LogP contribution in [0.4, 0.5) is 5.69 Å². The van der Waals surface area contributed by atoms with Gasteiger partial charge in [-0.05, 0) is 55.3 Å². The number of rotatable bonds is 7. The molecular weight excluding hydrogens is 348 g/mol. The first-order chi connectivity index (χ1) is 12.5. The maximum absolute atomic E-state index is 12.4. The van der Waals surface area contributed by atoms with Crippen LogP contribution in [0.1, 0.15) is 30.9 Å². The Kier molecular flexibility index (Phi) is 7.25. The van der Waals surface area contributed by atoms with E-state index in [0.29, 0.717) is 28.6 Å². The number of nitriles is 1. The average Bonchev–Trinajstić information content (AvgIpc) is 2.61. The molecule has 0 fully saturated rings. The Morgan fingerprint density at radius 1 is 1.31 bits per heavy atom. The lowest BCUT2D eigenvalue weighted by Gasteiger charge is -2.10. The molecule has 1 N–H and O–H groups in total. The fourth-order valence-corrected chi connectivity index (χ4v) is 2.50. The molecule has 0 unspecified atom stereocenters. The SMILES string of the molecule is CCCCOc1ccc(Cl)cc1C=C(C#N)C(=O)Nc1cccc(C)c1. The Morgan fingerprint density at radius 2 is 2.12 bits per heavy atom. The summed E-state index contributed by atoms with van der Waals surface area (Å²) < 4.78 is 5.75. The molecule has 0 saturated heterocycles. The zero-order valence-electron chi connectivity index (χ0n) is 14.9. The van der Waals surface area contributed by atoms with Gasteiger partial charge >= 0.3 is 0 Å². The topological polar surface area (TPSA) is 62.1 Å². The van der Waals surface area contributed by atoms with E-state index in [1.165, 1.54) is 6.08 Å². The van der Waals surface area contributed by atoms with Crippen molar-refractivity contribution in [2.24, 2.45) is 0 Å². The van der Waals surface area contributed by atoms with Crippen LogP contribution >= 0.6 is 11.6 Å². The summed E-state index contributed by atoms with van der Waals surface area (Å²) in [7, 11) is 0. The molecular formula is C21H21ClN2O2. The molecule has 1 amide bonds. The van der Waals surface area contributed by atoms with Crippen molar-refractivity contribution in [3.8, 4) is 11.8 Å². The van der Waals surface area contributed by atoms with E-state index in [2.05, 4.69) is 12.2 Å². The molecule has 0 saturated carbocycles. The minimum Gasteiger partial charge on any atom is -0.493 e. The summed E-state index contributed by atoms with van der Waals surface area (Å²) in [5, 5.41) is 12.7. The van der Waals surface area contributed by atoms with Gasteiger partial charge in [0, 0.05) is 16.3 Å². The van der Waals surface area contributed by atoms with E-state index in [4.69, 9.17) is 16.3 Å². The molecule has 2 aromatic carbocycles. The highest BCUT2D eigenvalue weighted by molar-refractivity contribution is 6.30. The van der Waals surface area contributed by atoms with E-state index < -0.39 is 5.91 Å². The van der Waals surface area contributed by atoms with Crippen LogP contribution < -0.4 is 10.1 Å². The highest BCUT2D eigenvalue weighted by atomic mass is 35.5. The Bertz CT molecular complexity index is 853. The van der Waals surface area contributed by atoms with Gasteiger partial charge in [0.05, 0.1) is 6.61 Å². The predicted octanol–water partition coefficient (Wildman–Crippen LogP) is 5.37. The van der Waals surface area contributed by atoms with Gasteiger partial charge in [0.15, 0.2) is 0 Å². The van der Waals surface area contributed by atoms with Gasteiger partial charge in [-0.25, -0.2) is 0 Å². The first-order valence-electron chi connectivity index (χ1n) is 8.45. The predicted molar refractivity (Wildman–Crippen MR) is 105 cm³/mol. The van der Waals surface area contributed by atoms with Crippen molar-refractivity contribution in [1.29, 1.82) is 5.26 Å². The fourth-order valence-electron chi connectivity index (χ4n) is 2.32. The molecule has 0 radical (unpaired) electrons. The van der Waals surface area contributed by atoms with Crippen molar-refractivity contribution in [1.82, 2.24) is 0 Å². The molecule has 0 aromatic heterocycles. The molecule has 0 aliphatic rings. The molecule has 0 spiro atoms. The molecule has 0 aliphatic heterocycles. The molecule has 0 heterocycles. The van der Waals surface area contributed by atoms with Gasteiger partial charge in [0.2, 0.25) is 0 Å². The summed E-state index contributed by atoms with van der Waals surface area (Å²) in [6.45, 7) is 4.58. The van der Waals surface area contributed by atoms with Crippen molar-refractivity contribution < 1.29 is 9.53 Å². The number of ether oxygens (including phenoxy) is 1. The standard InChI is InChI=1S/C21H21ClN2O2/c1-3-4-10-26-20-9-8-18(22)13-16(20)12-17(14-23)21(25)24-19-7-5-6-15(2)11-19/h5-9,11-13H,3-4,10H2,1-2H3,(H,24,25). The number of amides is 1. The van der Waals surface area contributed by atoms with Crippen LogP contribution in [0.2, 0.25) is 5.02 Å². The number of aryl methyl sites for hydroxylation is 1. The van der Waals surface area contributed by atoms with Crippen LogP contribution in [0.5, 0.6) is 5.75 Å². The number of carbonyl (C=O) groups excluding carboxylic acids is 1. The summed E-state index contributed by atoms with van der Waals surface area (Å²) in [6.07, 6.45) is 3.43. The number of hydrogen-bond donors (Lipinski definition) is 1. The number of halogens is 1. The summed E-state index contributed by atoms with van der Waals surface area (Å²) in [6, 6.07) is 14.5. The Hall–Kier alpha value is -2.77. The fraction of sp³-hybridized carbons (Fsp3) is 0.238. The number of benzene rings is 2. The van der Waals surface area contributed by atoms with Gasteiger partial charge in [0.25, 0.3) is 5.91 Å². The van der Waals surface area contributed by atoms with E-state index in [0.717, 1.165) is 18.4 Å². The smallest absolute Gasteiger partial charge is 0.266 e. The van der Waals surface area contributed by atoms with Crippen molar-refractivity contribution >= 4 is 29.3 Å². The molecule has 2 aromatic rings. The van der Waals surface area contributed by atoms with Crippen molar-refractivity contribution in [2.75, 3.05) is 11.9 Å². The lowest BCUT2D eigenvalue weighted by atomic mass is 10.1. The molecule has 0 atom stereocenters. The van der Waals surface area contributed by atoms with Crippen LogP contribution in [-0.4, -0.2) is 12.5 Å². The summed E-state index contributed by atoms with van der Waals surface area (Å²) >= 11 is 6.06. The molecule has 134 valence electrons. The van der Waals surface area contributed by atoms with Gasteiger partial charge in [-0.15, -0.1) is 0 Å². The van der Waals surface area contributed by atoms with E-state index in [9.17, 15) is 10.1 Å². The second-order valence-corrected chi connectivity index (χ2v) is 6.31. The number of hydrogen-bond acceptors (Lipinski definition) is 3. The average molecular weight is 369 g/mol. The third kappa shape index (κ3) is 5.65. The van der Waals surface area contributed by atoms with Crippen LogP contribution in [0.15, 0.2) is 48.0 Å². The number of nitrogens with zero attached hydrogens (tertiary/aromatic N) is 1. The van der Waals surface area contributed by atoms with Crippen molar-refractivity contribution in [3.63, 3.8) is 0 Å². The van der Waals surface area contributed by atoms with Gasteiger partial charge in [-0.2, -0.15) is 5.26 Å². The summed E-state index contributed by atoms with van der Waals surface area (Å²) in [4.78, 5) is 12.4. The third-order valence-corrected chi connectivity index (χ3v) is 3.90. The maximum atomic E-state index is 12.4. The minimum absolute atomic E-state index is 0.0193. The number of anilines is 1. The van der Waals surface area contributed by atoms with Gasteiger partial charge in [-0.1, -0.05) is 37.1 Å². The van der Waals surface area contributed by atoms with Gasteiger partial charge in [0.1, 0.15) is 17.4 Å². The summed E-state index contributed by atoms with van der Waals surface area (Å²) in [5.41, 5.74) is 2.24. The first kappa shape index (κ1) is 19.6. The van der Waals surface area contributed by atoms with Gasteiger partial charge in [-0.3, -0.25) is 4.79 Å². The zero-order valence-corrected chi connectivity index (χ0v) is 15.6. The largest absolute Gasteiger partial charge is 0.493 e.